The standard InChI is InChI=1S/C11H12ClNO2/c1-7-3-2-4-8(12)10(7)11(15)9(14)5-6-13/h2-4,9,11,14-15H,5H2,1H3. The minimum Gasteiger partial charge on any atom is -0.389 e. The van der Waals surface area contributed by atoms with Gasteiger partial charge in [-0.3, -0.25) is 0 Å². The summed E-state index contributed by atoms with van der Waals surface area (Å²) >= 11 is 5.91. The molecule has 2 unspecified atom stereocenters. The Balaban J connectivity index is 3.01. The lowest BCUT2D eigenvalue weighted by Gasteiger charge is -2.18. The summed E-state index contributed by atoms with van der Waals surface area (Å²) in [4.78, 5) is 0. The number of nitrogens with zero attached hydrogens (tertiary/aromatic N) is 1. The molecule has 0 spiro atoms. The number of hydrogen-bond donors (Lipinski definition) is 2. The second kappa shape index (κ2) is 5.13. The predicted octanol–water partition coefficient (Wildman–Crippen LogP) is 1.96. The lowest BCUT2D eigenvalue weighted by molar-refractivity contribution is 0.0213. The van der Waals surface area contributed by atoms with E-state index in [0.29, 0.717) is 10.6 Å². The first-order valence-electron chi connectivity index (χ1n) is 4.56. The van der Waals surface area contributed by atoms with Gasteiger partial charge in [0.15, 0.2) is 0 Å². The van der Waals surface area contributed by atoms with E-state index in [2.05, 4.69) is 0 Å². The van der Waals surface area contributed by atoms with Crippen molar-refractivity contribution in [3.05, 3.63) is 34.3 Å². The summed E-state index contributed by atoms with van der Waals surface area (Å²) in [6.45, 7) is 1.80. The second-order valence-corrected chi connectivity index (χ2v) is 3.75. The van der Waals surface area contributed by atoms with Crippen LogP contribution in [0.25, 0.3) is 0 Å². The molecule has 1 rings (SSSR count). The lowest BCUT2D eigenvalue weighted by Crippen LogP contribution is -2.18. The molecule has 0 heterocycles. The molecule has 0 saturated carbocycles. The summed E-state index contributed by atoms with van der Waals surface area (Å²) in [5.41, 5.74) is 1.29. The largest absolute Gasteiger partial charge is 0.389 e. The molecule has 1 aromatic carbocycles. The molecular formula is C11H12ClNO2. The van der Waals surface area contributed by atoms with E-state index in [1.165, 1.54) is 0 Å². The smallest absolute Gasteiger partial charge is 0.108 e. The van der Waals surface area contributed by atoms with Gasteiger partial charge in [0.05, 0.1) is 18.6 Å². The fourth-order valence-electron chi connectivity index (χ4n) is 1.42. The number of rotatable bonds is 3. The summed E-state index contributed by atoms with van der Waals surface area (Å²) in [7, 11) is 0. The van der Waals surface area contributed by atoms with E-state index in [-0.39, 0.29) is 6.42 Å². The SMILES string of the molecule is Cc1cccc(Cl)c1C(O)C(O)CC#N. The van der Waals surface area contributed by atoms with Crippen molar-refractivity contribution in [1.82, 2.24) is 0 Å². The number of hydrogen-bond acceptors (Lipinski definition) is 3. The summed E-state index contributed by atoms with van der Waals surface area (Å²) in [5.74, 6) is 0. The molecular weight excluding hydrogens is 214 g/mol. The number of aryl methyl sites for hydroxylation is 1. The zero-order valence-corrected chi connectivity index (χ0v) is 9.07. The van der Waals surface area contributed by atoms with Gasteiger partial charge in [-0.2, -0.15) is 5.26 Å². The van der Waals surface area contributed by atoms with E-state index < -0.39 is 12.2 Å². The maximum atomic E-state index is 9.80. The highest BCUT2D eigenvalue weighted by Crippen LogP contribution is 2.29. The van der Waals surface area contributed by atoms with E-state index in [1.54, 1.807) is 31.2 Å². The Labute approximate surface area is 93.5 Å². The van der Waals surface area contributed by atoms with Crippen molar-refractivity contribution in [2.75, 3.05) is 0 Å². The molecule has 0 bridgehead atoms. The van der Waals surface area contributed by atoms with Crippen LogP contribution in [0.15, 0.2) is 18.2 Å². The van der Waals surface area contributed by atoms with Crippen LogP contribution >= 0.6 is 11.6 Å². The Morgan fingerprint density at radius 3 is 2.67 bits per heavy atom. The normalized spacial score (nSPS) is 14.3. The van der Waals surface area contributed by atoms with Crippen LogP contribution in [-0.2, 0) is 0 Å². The zero-order valence-electron chi connectivity index (χ0n) is 8.31. The topological polar surface area (TPSA) is 64.2 Å². The molecule has 2 N–H and O–H groups in total. The molecule has 0 aromatic heterocycles. The van der Waals surface area contributed by atoms with Gasteiger partial charge < -0.3 is 10.2 Å². The fraction of sp³-hybridized carbons (Fsp3) is 0.364. The van der Waals surface area contributed by atoms with Gasteiger partial charge in [-0.05, 0) is 18.6 Å². The average molecular weight is 226 g/mol. The molecule has 4 heteroatoms. The molecule has 0 saturated heterocycles. The number of nitriles is 1. The fourth-order valence-corrected chi connectivity index (χ4v) is 1.75. The number of benzene rings is 1. The van der Waals surface area contributed by atoms with Crippen molar-refractivity contribution in [2.24, 2.45) is 0 Å². The molecule has 0 fully saturated rings. The highest BCUT2D eigenvalue weighted by Gasteiger charge is 2.21. The van der Waals surface area contributed by atoms with Crippen LogP contribution < -0.4 is 0 Å². The van der Waals surface area contributed by atoms with Gasteiger partial charge in [0.25, 0.3) is 0 Å². The monoisotopic (exact) mass is 225 g/mol. The molecule has 0 radical (unpaired) electrons. The Hall–Kier alpha value is -1.08. The van der Waals surface area contributed by atoms with Gasteiger partial charge in [0.2, 0.25) is 0 Å². The van der Waals surface area contributed by atoms with Crippen molar-refractivity contribution < 1.29 is 10.2 Å². The first kappa shape index (κ1) is 12.0. The minimum absolute atomic E-state index is 0.119. The van der Waals surface area contributed by atoms with Crippen LogP contribution in [0.2, 0.25) is 5.02 Å². The predicted molar refractivity (Wildman–Crippen MR) is 57.4 cm³/mol. The number of aliphatic hydroxyl groups is 2. The molecule has 0 aliphatic carbocycles. The first-order chi connectivity index (χ1) is 7.07. The third kappa shape index (κ3) is 2.69. The van der Waals surface area contributed by atoms with Crippen LogP contribution in [0.3, 0.4) is 0 Å². The zero-order chi connectivity index (χ0) is 11.4. The molecule has 15 heavy (non-hydrogen) atoms. The average Bonchev–Trinajstić information content (AvgIpc) is 2.17. The molecule has 0 aliphatic rings. The summed E-state index contributed by atoms with van der Waals surface area (Å²) in [6.07, 6.45) is -2.34. The quantitative estimate of drug-likeness (QED) is 0.827. The molecule has 0 aliphatic heterocycles. The lowest BCUT2D eigenvalue weighted by atomic mass is 9.98. The third-order valence-electron chi connectivity index (χ3n) is 2.23. The third-order valence-corrected chi connectivity index (χ3v) is 2.56. The van der Waals surface area contributed by atoms with Crippen LogP contribution in [0.4, 0.5) is 0 Å². The van der Waals surface area contributed by atoms with Gasteiger partial charge in [0.1, 0.15) is 6.10 Å². The van der Waals surface area contributed by atoms with Crippen molar-refractivity contribution in [3.8, 4) is 6.07 Å². The Morgan fingerprint density at radius 2 is 2.13 bits per heavy atom. The van der Waals surface area contributed by atoms with Gasteiger partial charge in [-0.25, -0.2) is 0 Å². The van der Waals surface area contributed by atoms with Gasteiger partial charge in [-0.15, -0.1) is 0 Å². The van der Waals surface area contributed by atoms with Gasteiger partial charge in [0, 0.05) is 10.6 Å². The van der Waals surface area contributed by atoms with E-state index >= 15 is 0 Å². The molecule has 3 nitrogen and oxygen atoms in total. The van der Waals surface area contributed by atoms with Crippen LogP contribution in [0, 0.1) is 18.3 Å². The van der Waals surface area contributed by atoms with E-state index in [1.807, 2.05) is 0 Å². The molecule has 80 valence electrons. The maximum absolute atomic E-state index is 9.80. The Morgan fingerprint density at radius 1 is 1.47 bits per heavy atom. The van der Waals surface area contributed by atoms with Crippen molar-refractivity contribution in [1.29, 1.82) is 5.26 Å². The van der Waals surface area contributed by atoms with Crippen molar-refractivity contribution in [3.63, 3.8) is 0 Å². The molecule has 1 aromatic rings. The first-order valence-corrected chi connectivity index (χ1v) is 4.93. The Bertz CT molecular complexity index is 366. The van der Waals surface area contributed by atoms with E-state index in [0.717, 1.165) is 5.56 Å². The summed E-state index contributed by atoms with van der Waals surface area (Å²) in [6, 6.07) is 7.01. The van der Waals surface area contributed by atoms with E-state index in [9.17, 15) is 10.2 Å². The van der Waals surface area contributed by atoms with Crippen LogP contribution in [-0.4, -0.2) is 16.3 Å². The molecule has 0 amide bonds. The highest BCUT2D eigenvalue weighted by atomic mass is 35.5. The highest BCUT2D eigenvalue weighted by molar-refractivity contribution is 6.31. The van der Waals surface area contributed by atoms with Gasteiger partial charge in [-0.1, -0.05) is 23.7 Å². The van der Waals surface area contributed by atoms with E-state index in [4.69, 9.17) is 16.9 Å². The van der Waals surface area contributed by atoms with Gasteiger partial charge >= 0.3 is 0 Å². The molecule has 2 atom stereocenters. The second-order valence-electron chi connectivity index (χ2n) is 3.34. The van der Waals surface area contributed by atoms with Crippen molar-refractivity contribution in [2.45, 2.75) is 25.6 Å². The van der Waals surface area contributed by atoms with Crippen molar-refractivity contribution >= 4 is 11.6 Å². The van der Waals surface area contributed by atoms with Crippen LogP contribution in [0.1, 0.15) is 23.7 Å². The summed E-state index contributed by atoms with van der Waals surface area (Å²) in [5, 5.41) is 28.1. The van der Waals surface area contributed by atoms with Crippen LogP contribution in [0.5, 0.6) is 0 Å². The summed E-state index contributed by atoms with van der Waals surface area (Å²) < 4.78 is 0. The number of halogens is 1. The number of aliphatic hydroxyl groups excluding tert-OH is 2. The maximum Gasteiger partial charge on any atom is 0.108 e. The Kier molecular flexibility index (Phi) is 4.10. The minimum atomic E-state index is -1.11.